The van der Waals surface area contributed by atoms with Crippen LogP contribution in [0.25, 0.3) is 0 Å². The van der Waals surface area contributed by atoms with Crippen molar-refractivity contribution in [3.05, 3.63) is 29.6 Å². The zero-order valence-electron chi connectivity index (χ0n) is 12.5. The van der Waals surface area contributed by atoms with Crippen molar-refractivity contribution in [3.63, 3.8) is 0 Å². The van der Waals surface area contributed by atoms with Crippen LogP contribution in [0.15, 0.2) is 18.2 Å². The van der Waals surface area contributed by atoms with Crippen LogP contribution in [0.1, 0.15) is 32.4 Å². The molecule has 0 fully saturated rings. The first-order chi connectivity index (χ1) is 9.31. The molecule has 0 heterocycles. The highest BCUT2D eigenvalue weighted by Gasteiger charge is 2.13. The Bertz CT molecular complexity index is 461. The molecule has 1 aromatic rings. The number of hydrogen-bond donors (Lipinski definition) is 2. The van der Waals surface area contributed by atoms with Gasteiger partial charge in [-0.25, -0.2) is 4.39 Å². The summed E-state index contributed by atoms with van der Waals surface area (Å²) in [5.74, 6) is -0.200. The Hall–Kier alpha value is -1.62. The number of rotatable bonds is 6. The molecule has 1 rings (SSSR count). The van der Waals surface area contributed by atoms with Gasteiger partial charge in [-0.15, -0.1) is 0 Å². The molecular formula is C15H23FN2O2. The zero-order valence-corrected chi connectivity index (χ0v) is 12.5. The van der Waals surface area contributed by atoms with Gasteiger partial charge in [-0.2, -0.15) is 0 Å². The largest absolute Gasteiger partial charge is 0.389 e. The van der Waals surface area contributed by atoms with Crippen molar-refractivity contribution >= 4 is 11.6 Å². The van der Waals surface area contributed by atoms with Gasteiger partial charge in [0.2, 0.25) is 5.91 Å². The van der Waals surface area contributed by atoms with Crippen LogP contribution < -0.4 is 10.2 Å². The van der Waals surface area contributed by atoms with Gasteiger partial charge in [0.05, 0.1) is 18.3 Å². The van der Waals surface area contributed by atoms with Crippen molar-refractivity contribution in [1.29, 1.82) is 0 Å². The summed E-state index contributed by atoms with van der Waals surface area (Å²) in [5, 5.41) is 12.2. The van der Waals surface area contributed by atoms with Crippen molar-refractivity contribution in [3.8, 4) is 0 Å². The third kappa shape index (κ3) is 4.81. The maximum Gasteiger partial charge on any atom is 0.239 e. The fourth-order valence-corrected chi connectivity index (χ4v) is 1.77. The van der Waals surface area contributed by atoms with E-state index in [1.807, 2.05) is 13.8 Å². The van der Waals surface area contributed by atoms with Gasteiger partial charge in [0, 0.05) is 13.6 Å². The Morgan fingerprint density at radius 3 is 2.55 bits per heavy atom. The SMILES string of the molecule is CC(C)CNC(=O)CN(C)c1ccc([C@H](C)O)cc1F. The summed E-state index contributed by atoms with van der Waals surface area (Å²) in [6.45, 7) is 6.31. The first-order valence-corrected chi connectivity index (χ1v) is 6.76. The van der Waals surface area contributed by atoms with Crippen molar-refractivity contribution in [2.45, 2.75) is 26.9 Å². The molecular weight excluding hydrogens is 259 g/mol. The average molecular weight is 282 g/mol. The average Bonchev–Trinajstić information content (AvgIpc) is 2.35. The van der Waals surface area contributed by atoms with Gasteiger partial charge in [0.15, 0.2) is 0 Å². The van der Waals surface area contributed by atoms with Crippen LogP contribution in [0, 0.1) is 11.7 Å². The minimum absolute atomic E-state index is 0.0949. The van der Waals surface area contributed by atoms with Crippen LogP contribution in [-0.2, 0) is 4.79 Å². The standard InChI is InChI=1S/C15H23FN2O2/c1-10(2)8-17-15(20)9-18(4)14-6-5-12(11(3)19)7-13(14)16/h5-7,10-11,19H,8-9H2,1-4H3,(H,17,20)/t11-/m0/s1. The van der Waals surface area contributed by atoms with Gasteiger partial charge in [0.25, 0.3) is 0 Å². The van der Waals surface area contributed by atoms with E-state index in [4.69, 9.17) is 0 Å². The van der Waals surface area contributed by atoms with E-state index in [2.05, 4.69) is 5.32 Å². The summed E-state index contributed by atoms with van der Waals surface area (Å²) in [6, 6.07) is 4.53. The highest BCUT2D eigenvalue weighted by atomic mass is 19.1. The maximum atomic E-state index is 13.9. The van der Waals surface area contributed by atoms with Crippen LogP contribution >= 0.6 is 0 Å². The molecule has 1 aromatic carbocycles. The van der Waals surface area contributed by atoms with Gasteiger partial charge in [-0.3, -0.25) is 4.79 Å². The Morgan fingerprint density at radius 2 is 2.05 bits per heavy atom. The quantitative estimate of drug-likeness (QED) is 0.840. The number of anilines is 1. The molecule has 0 aromatic heterocycles. The van der Waals surface area contributed by atoms with E-state index in [-0.39, 0.29) is 12.5 Å². The van der Waals surface area contributed by atoms with E-state index >= 15 is 0 Å². The molecule has 20 heavy (non-hydrogen) atoms. The van der Waals surface area contributed by atoms with E-state index in [0.717, 1.165) is 0 Å². The fourth-order valence-electron chi connectivity index (χ4n) is 1.77. The summed E-state index contributed by atoms with van der Waals surface area (Å²) in [4.78, 5) is 13.3. The third-order valence-electron chi connectivity index (χ3n) is 2.95. The fraction of sp³-hybridized carbons (Fsp3) is 0.533. The predicted molar refractivity (Wildman–Crippen MR) is 78.2 cm³/mol. The number of hydrogen-bond acceptors (Lipinski definition) is 3. The summed E-state index contributed by atoms with van der Waals surface area (Å²) >= 11 is 0. The Balaban J connectivity index is 2.68. The van der Waals surface area contributed by atoms with E-state index in [1.54, 1.807) is 31.0 Å². The number of likely N-dealkylation sites (N-methyl/N-ethyl adjacent to an activating group) is 1. The van der Waals surface area contributed by atoms with Crippen molar-refractivity contribution in [1.82, 2.24) is 5.32 Å². The minimum atomic E-state index is -0.710. The maximum absolute atomic E-state index is 13.9. The van der Waals surface area contributed by atoms with Gasteiger partial charge < -0.3 is 15.3 Å². The Kier molecular flexibility index (Phi) is 5.95. The number of nitrogens with zero attached hydrogens (tertiary/aromatic N) is 1. The molecule has 0 bridgehead atoms. The number of carbonyl (C=O) groups excluding carboxylic acids is 1. The Morgan fingerprint density at radius 1 is 1.40 bits per heavy atom. The lowest BCUT2D eigenvalue weighted by atomic mass is 10.1. The highest BCUT2D eigenvalue weighted by molar-refractivity contribution is 5.81. The van der Waals surface area contributed by atoms with Gasteiger partial charge >= 0.3 is 0 Å². The lowest BCUT2D eigenvalue weighted by Crippen LogP contribution is -2.37. The van der Waals surface area contributed by atoms with Crippen molar-refractivity contribution in [2.75, 3.05) is 25.0 Å². The van der Waals surface area contributed by atoms with Crippen molar-refractivity contribution < 1.29 is 14.3 Å². The summed E-state index contributed by atoms with van der Waals surface area (Å²) < 4.78 is 13.9. The van der Waals surface area contributed by atoms with Crippen LogP contribution in [-0.4, -0.2) is 31.2 Å². The van der Waals surface area contributed by atoms with Crippen LogP contribution in [0.3, 0.4) is 0 Å². The number of amides is 1. The molecule has 0 aliphatic rings. The Labute approximate surface area is 119 Å². The molecule has 0 saturated carbocycles. The molecule has 0 aliphatic carbocycles. The normalized spacial score (nSPS) is 12.3. The van der Waals surface area contributed by atoms with Gasteiger partial charge in [-0.05, 0) is 30.5 Å². The number of aliphatic hydroxyl groups excluding tert-OH is 1. The number of benzene rings is 1. The number of halogens is 1. The van der Waals surface area contributed by atoms with Crippen LogP contribution in [0.5, 0.6) is 0 Å². The zero-order chi connectivity index (χ0) is 15.3. The molecule has 0 radical (unpaired) electrons. The van der Waals surface area contributed by atoms with Crippen molar-refractivity contribution in [2.24, 2.45) is 5.92 Å². The summed E-state index contributed by atoms with van der Waals surface area (Å²) in [7, 11) is 1.66. The van der Waals surface area contributed by atoms with Gasteiger partial charge in [0.1, 0.15) is 5.82 Å². The molecule has 2 N–H and O–H groups in total. The molecule has 4 nitrogen and oxygen atoms in total. The molecule has 112 valence electrons. The van der Waals surface area contributed by atoms with E-state index in [0.29, 0.717) is 23.7 Å². The second kappa shape index (κ2) is 7.24. The lowest BCUT2D eigenvalue weighted by Gasteiger charge is -2.20. The highest BCUT2D eigenvalue weighted by Crippen LogP contribution is 2.22. The topological polar surface area (TPSA) is 52.6 Å². The summed E-state index contributed by atoms with van der Waals surface area (Å²) in [5.41, 5.74) is 0.859. The number of carbonyl (C=O) groups is 1. The molecule has 5 heteroatoms. The van der Waals surface area contributed by atoms with E-state index in [1.165, 1.54) is 6.07 Å². The molecule has 0 unspecified atom stereocenters. The van der Waals surface area contributed by atoms with E-state index < -0.39 is 11.9 Å². The number of aliphatic hydroxyl groups is 1. The lowest BCUT2D eigenvalue weighted by molar-refractivity contribution is -0.119. The van der Waals surface area contributed by atoms with Crippen LogP contribution in [0.2, 0.25) is 0 Å². The first kappa shape index (κ1) is 16.4. The molecule has 0 aliphatic heterocycles. The monoisotopic (exact) mass is 282 g/mol. The second-order valence-corrected chi connectivity index (χ2v) is 5.44. The predicted octanol–water partition coefficient (Wildman–Crippen LogP) is 2.09. The van der Waals surface area contributed by atoms with Gasteiger partial charge in [-0.1, -0.05) is 19.9 Å². The second-order valence-electron chi connectivity index (χ2n) is 5.44. The van der Waals surface area contributed by atoms with E-state index in [9.17, 15) is 14.3 Å². The first-order valence-electron chi connectivity index (χ1n) is 6.76. The number of nitrogens with one attached hydrogen (secondary N) is 1. The van der Waals surface area contributed by atoms with Crippen LogP contribution in [0.4, 0.5) is 10.1 Å². The molecule has 0 spiro atoms. The summed E-state index contributed by atoms with van der Waals surface area (Å²) in [6.07, 6.45) is -0.710. The molecule has 0 saturated heterocycles. The molecule has 1 atom stereocenters. The smallest absolute Gasteiger partial charge is 0.239 e. The minimum Gasteiger partial charge on any atom is -0.389 e. The third-order valence-corrected chi connectivity index (χ3v) is 2.95. The molecule has 1 amide bonds.